The first-order chi connectivity index (χ1) is 29.4. The van der Waals surface area contributed by atoms with Crippen molar-refractivity contribution in [2.24, 2.45) is 11.8 Å². The van der Waals surface area contributed by atoms with E-state index >= 15 is 4.39 Å². The Bertz CT molecular complexity index is 2200. The van der Waals surface area contributed by atoms with E-state index in [4.69, 9.17) is 47.3 Å². The Balaban J connectivity index is 0.000000845. The SMILES string of the molecule is O=C(O)C(F)(F)F.O=C(O[C@@H](Cc1c(Cl)c[n+]([O-])cc1Cl)c1ccc(OC(F)F)c(OCC2CC2)c1)c1ccc(NC(C(=O)O[C@H]2CN3CCC2CC3)c2ccccc2)cc1F. The van der Waals surface area contributed by atoms with E-state index in [1.165, 1.54) is 30.3 Å². The van der Waals surface area contributed by atoms with Crippen LogP contribution in [0.4, 0.5) is 32.0 Å². The monoisotopic (exact) mass is 913 g/mol. The number of nitrogens with zero attached hydrogens (tertiary/aromatic N) is 2. The fourth-order valence-electron chi connectivity index (χ4n) is 6.98. The van der Waals surface area contributed by atoms with Gasteiger partial charge in [0.15, 0.2) is 29.9 Å². The third kappa shape index (κ3) is 12.3. The first kappa shape index (κ1) is 46.1. The number of carbonyl (C=O) groups is 3. The van der Waals surface area contributed by atoms with Crippen LogP contribution in [0, 0.1) is 22.9 Å². The number of rotatable bonds is 15. The van der Waals surface area contributed by atoms with E-state index in [0.29, 0.717) is 22.8 Å². The van der Waals surface area contributed by atoms with Crippen molar-refractivity contribution < 1.29 is 69.5 Å². The molecule has 4 heterocycles. The summed E-state index contributed by atoms with van der Waals surface area (Å²) in [6, 6.07) is 15.8. The Morgan fingerprint density at radius 3 is 2.15 bits per heavy atom. The van der Waals surface area contributed by atoms with Crippen molar-refractivity contribution in [2.75, 3.05) is 31.6 Å². The first-order valence-electron chi connectivity index (χ1n) is 19.3. The highest BCUT2D eigenvalue weighted by Gasteiger charge is 2.39. The van der Waals surface area contributed by atoms with Crippen LogP contribution in [0.15, 0.2) is 79.1 Å². The van der Waals surface area contributed by atoms with Crippen LogP contribution in [-0.4, -0.2) is 73.0 Å². The maximum Gasteiger partial charge on any atom is 0.490 e. The minimum atomic E-state index is -5.08. The molecule has 62 heavy (non-hydrogen) atoms. The minimum Gasteiger partial charge on any atom is -0.619 e. The van der Waals surface area contributed by atoms with E-state index in [1.807, 2.05) is 6.07 Å². The van der Waals surface area contributed by atoms with Crippen LogP contribution in [0.3, 0.4) is 0 Å². The van der Waals surface area contributed by atoms with Gasteiger partial charge >= 0.3 is 30.7 Å². The molecule has 4 fully saturated rings. The lowest BCUT2D eigenvalue weighted by Gasteiger charge is -2.44. The largest absolute Gasteiger partial charge is 0.619 e. The van der Waals surface area contributed by atoms with Crippen LogP contribution in [0.25, 0.3) is 0 Å². The molecule has 1 unspecified atom stereocenters. The van der Waals surface area contributed by atoms with Gasteiger partial charge in [0.2, 0.25) is 0 Å². The summed E-state index contributed by atoms with van der Waals surface area (Å²) >= 11 is 12.7. The number of hydrogen-bond acceptors (Lipinski definition) is 10. The molecule has 4 aromatic rings. The van der Waals surface area contributed by atoms with Gasteiger partial charge in [-0.15, -0.1) is 0 Å². The predicted octanol–water partition coefficient (Wildman–Crippen LogP) is 8.72. The zero-order chi connectivity index (χ0) is 44.7. The highest BCUT2D eigenvalue weighted by Crippen LogP contribution is 2.39. The van der Waals surface area contributed by atoms with Gasteiger partial charge in [-0.1, -0.05) is 59.6 Å². The molecule has 8 rings (SSSR count). The summed E-state index contributed by atoms with van der Waals surface area (Å²) in [5.41, 5.74) is 0.932. The maximum atomic E-state index is 15.9. The van der Waals surface area contributed by atoms with Crippen LogP contribution < -0.4 is 19.5 Å². The summed E-state index contributed by atoms with van der Waals surface area (Å²) in [5, 5.41) is 22.1. The predicted molar refractivity (Wildman–Crippen MR) is 211 cm³/mol. The molecule has 2 N–H and O–H groups in total. The average molecular weight is 915 g/mol. The van der Waals surface area contributed by atoms with Gasteiger partial charge in [0.05, 0.1) is 12.2 Å². The Kier molecular flexibility index (Phi) is 15.0. The molecule has 332 valence electrons. The summed E-state index contributed by atoms with van der Waals surface area (Å²) in [7, 11) is 0. The number of aliphatic carboxylic acids is 1. The smallest absolute Gasteiger partial charge is 0.490 e. The summed E-state index contributed by atoms with van der Waals surface area (Å²) in [4.78, 5) is 38.5. The van der Waals surface area contributed by atoms with Crippen molar-refractivity contribution in [3.63, 3.8) is 0 Å². The molecule has 12 nitrogen and oxygen atoms in total. The molecule has 2 bridgehead atoms. The number of ether oxygens (including phenoxy) is 4. The Labute approximate surface area is 360 Å². The number of piperidine rings is 3. The number of esters is 2. The average Bonchev–Trinajstić information content (AvgIpc) is 4.05. The van der Waals surface area contributed by atoms with E-state index in [0.717, 1.165) is 57.2 Å². The molecule has 3 atom stereocenters. The Hall–Kier alpha value is -5.46. The molecule has 0 radical (unpaired) electrons. The molecule has 3 aromatic carbocycles. The standard InChI is InChI=1S/C40H38Cl2F3N3O7.C2HF3O2/c41-30-19-48(51)20-31(42)29(30)18-34(26-8-11-33(55-40(44)45)35(16-26)52-22-23-6-7-23)53-38(49)28-10-9-27(17-32(28)43)46-37(25-4-2-1-3-5-25)39(50)54-36-21-47-14-12-24(36)13-15-47;3-2(4,5)1(6)7/h1-5,8-11,16-17,19-20,23-24,34,36-37,40,46H,6-7,12-15,18,21-22H2;(H,6,7)/t34-,36-,37?;/m0./s1. The summed E-state index contributed by atoms with van der Waals surface area (Å²) in [6.07, 6.45) is -0.759. The molecule has 4 aliphatic rings. The van der Waals surface area contributed by atoms with Crippen molar-refractivity contribution in [2.45, 2.75) is 63.1 Å². The number of carboxylic acid groups (broad SMARTS) is 1. The molecule has 3 aliphatic heterocycles. The number of fused-ring (bicyclic) bond motifs is 3. The van der Waals surface area contributed by atoms with Crippen LogP contribution in [0.5, 0.6) is 11.5 Å². The zero-order valence-electron chi connectivity index (χ0n) is 32.5. The van der Waals surface area contributed by atoms with Gasteiger partial charge in [-0.3, -0.25) is 4.90 Å². The first-order valence-corrected chi connectivity index (χ1v) is 20.0. The number of benzene rings is 3. The highest BCUT2D eigenvalue weighted by molar-refractivity contribution is 6.35. The second kappa shape index (κ2) is 20.2. The molecule has 0 amide bonds. The summed E-state index contributed by atoms with van der Waals surface area (Å²) < 4.78 is 96.9. The van der Waals surface area contributed by atoms with Crippen molar-refractivity contribution in [1.82, 2.24) is 4.90 Å². The number of alkyl halides is 5. The number of carboxylic acids is 1. The van der Waals surface area contributed by atoms with Crippen molar-refractivity contribution in [1.29, 1.82) is 0 Å². The topological polar surface area (TPSA) is 151 Å². The molecule has 1 saturated carbocycles. The highest BCUT2D eigenvalue weighted by atomic mass is 35.5. The van der Waals surface area contributed by atoms with E-state index < -0.39 is 54.2 Å². The van der Waals surface area contributed by atoms with E-state index in [2.05, 4.69) is 15.0 Å². The number of aromatic nitrogens is 1. The number of halogens is 8. The second-order valence-electron chi connectivity index (χ2n) is 14.8. The van der Waals surface area contributed by atoms with Crippen LogP contribution >= 0.6 is 23.2 Å². The fourth-order valence-corrected chi connectivity index (χ4v) is 7.58. The maximum absolute atomic E-state index is 15.9. The Morgan fingerprint density at radius 2 is 1.58 bits per heavy atom. The van der Waals surface area contributed by atoms with Gasteiger partial charge < -0.3 is 34.6 Å². The number of nitrogens with one attached hydrogen (secondary N) is 1. The van der Waals surface area contributed by atoms with Gasteiger partial charge in [-0.25, -0.2) is 18.8 Å². The number of anilines is 1. The third-order valence-corrected chi connectivity index (χ3v) is 11.0. The second-order valence-corrected chi connectivity index (χ2v) is 15.6. The van der Waals surface area contributed by atoms with Crippen LogP contribution in [0.1, 0.15) is 64.9 Å². The molecule has 3 saturated heterocycles. The van der Waals surface area contributed by atoms with Crippen LogP contribution in [-0.2, 0) is 25.5 Å². The molecule has 1 aromatic heterocycles. The lowest BCUT2D eigenvalue weighted by Crippen LogP contribution is -2.52. The number of pyridine rings is 1. The van der Waals surface area contributed by atoms with Gasteiger partial charge in [-0.05, 0) is 92.1 Å². The quantitative estimate of drug-likeness (QED) is 0.0510. The lowest BCUT2D eigenvalue weighted by molar-refractivity contribution is -0.605. The summed E-state index contributed by atoms with van der Waals surface area (Å²) in [5.74, 6) is -4.92. The fraction of sp³-hybridized carbons (Fsp3) is 0.381. The van der Waals surface area contributed by atoms with E-state index in [-0.39, 0.29) is 63.4 Å². The van der Waals surface area contributed by atoms with Gasteiger partial charge in [0.1, 0.15) is 28.1 Å². The normalized spacial score (nSPS) is 19.1. The zero-order valence-corrected chi connectivity index (χ0v) is 34.0. The number of carbonyl (C=O) groups excluding carboxylic acids is 2. The van der Waals surface area contributed by atoms with Gasteiger partial charge in [0.25, 0.3) is 0 Å². The Morgan fingerprint density at radius 1 is 0.919 bits per heavy atom. The van der Waals surface area contributed by atoms with Crippen molar-refractivity contribution in [3.05, 3.63) is 122 Å². The van der Waals surface area contributed by atoms with Crippen molar-refractivity contribution >= 4 is 46.8 Å². The van der Waals surface area contributed by atoms with Gasteiger partial charge in [-0.2, -0.15) is 26.7 Å². The van der Waals surface area contributed by atoms with E-state index in [9.17, 15) is 36.7 Å². The summed E-state index contributed by atoms with van der Waals surface area (Å²) in [6.45, 7) is -0.207. The molecular weight excluding hydrogens is 875 g/mol. The van der Waals surface area contributed by atoms with Gasteiger partial charge in [0, 0.05) is 24.2 Å². The lowest BCUT2D eigenvalue weighted by atomic mass is 9.86. The van der Waals surface area contributed by atoms with Crippen molar-refractivity contribution in [3.8, 4) is 11.5 Å². The minimum absolute atomic E-state index is 0.00462. The van der Waals surface area contributed by atoms with E-state index in [1.54, 1.807) is 24.3 Å². The molecular formula is C42H39Cl2F6N3O9. The molecule has 20 heteroatoms. The van der Waals surface area contributed by atoms with Crippen LogP contribution in [0.2, 0.25) is 10.0 Å². The molecule has 0 spiro atoms. The third-order valence-electron chi connectivity index (χ3n) is 10.4. The number of hydrogen-bond donors (Lipinski definition) is 2. The molecule has 1 aliphatic carbocycles.